The summed E-state index contributed by atoms with van der Waals surface area (Å²) in [5.41, 5.74) is 0.602. The van der Waals surface area contributed by atoms with Crippen molar-refractivity contribution in [2.45, 2.75) is 37.8 Å². The Bertz CT molecular complexity index is 530. The van der Waals surface area contributed by atoms with Crippen LogP contribution in [0.25, 0.3) is 0 Å². The van der Waals surface area contributed by atoms with E-state index >= 15 is 0 Å². The maximum atomic E-state index is 12.6. The van der Waals surface area contributed by atoms with E-state index in [1.165, 1.54) is 19.3 Å². The highest BCUT2D eigenvalue weighted by Gasteiger charge is 2.32. The van der Waals surface area contributed by atoms with Crippen LogP contribution < -0.4 is 5.32 Å². The summed E-state index contributed by atoms with van der Waals surface area (Å²) in [6.07, 6.45) is 6.96. The third kappa shape index (κ3) is 3.70. The average Bonchev–Trinajstić information content (AvgIpc) is 3.32. The van der Waals surface area contributed by atoms with Gasteiger partial charge in [-0.05, 0) is 38.3 Å². The highest BCUT2D eigenvalue weighted by Crippen LogP contribution is 2.27. The molecule has 23 heavy (non-hydrogen) atoms. The zero-order chi connectivity index (χ0) is 14.9. The summed E-state index contributed by atoms with van der Waals surface area (Å²) in [7, 11) is 0. The number of hydrogen-bond acceptors (Lipinski definition) is 4. The van der Waals surface area contributed by atoms with Crippen molar-refractivity contribution in [3.63, 3.8) is 0 Å². The van der Waals surface area contributed by atoms with Gasteiger partial charge in [0.05, 0.1) is 6.04 Å². The molecule has 7 heteroatoms. The van der Waals surface area contributed by atoms with Gasteiger partial charge < -0.3 is 10.2 Å². The lowest BCUT2D eigenvalue weighted by atomic mass is 10.1. The summed E-state index contributed by atoms with van der Waals surface area (Å²) >= 11 is 0. The number of halogens is 1. The smallest absolute Gasteiger partial charge is 0.274 e. The second-order valence-electron chi connectivity index (χ2n) is 6.74. The number of hydrogen-bond donors (Lipinski definition) is 1. The molecule has 1 aromatic rings. The molecule has 1 amide bonds. The van der Waals surface area contributed by atoms with Gasteiger partial charge in [-0.3, -0.25) is 14.4 Å². The minimum atomic E-state index is 0. The largest absolute Gasteiger partial charge is 0.335 e. The van der Waals surface area contributed by atoms with Gasteiger partial charge in [0.1, 0.15) is 5.69 Å². The lowest BCUT2D eigenvalue weighted by molar-refractivity contribution is 0.0620. The lowest BCUT2D eigenvalue weighted by Gasteiger charge is -2.34. The van der Waals surface area contributed by atoms with Crippen molar-refractivity contribution in [2.75, 3.05) is 39.3 Å². The zero-order valence-electron chi connectivity index (χ0n) is 13.5. The van der Waals surface area contributed by atoms with Gasteiger partial charge in [-0.25, -0.2) is 0 Å². The van der Waals surface area contributed by atoms with E-state index in [1.807, 2.05) is 21.8 Å². The number of piperidine rings is 1. The number of nitrogens with zero attached hydrogens (tertiary/aromatic N) is 4. The molecule has 1 aliphatic carbocycles. The Morgan fingerprint density at radius 1 is 1.13 bits per heavy atom. The van der Waals surface area contributed by atoms with Crippen molar-refractivity contribution in [1.82, 2.24) is 24.9 Å². The number of rotatable bonds is 3. The fraction of sp³-hybridized carbons (Fsp3) is 0.750. The van der Waals surface area contributed by atoms with Crippen molar-refractivity contribution in [3.8, 4) is 0 Å². The van der Waals surface area contributed by atoms with Gasteiger partial charge in [-0.15, -0.1) is 12.4 Å². The first-order valence-electron chi connectivity index (χ1n) is 8.60. The van der Waals surface area contributed by atoms with E-state index in [0.29, 0.717) is 11.7 Å². The van der Waals surface area contributed by atoms with Crippen LogP contribution in [-0.4, -0.2) is 70.8 Å². The van der Waals surface area contributed by atoms with E-state index in [2.05, 4.69) is 15.3 Å². The molecule has 0 spiro atoms. The Morgan fingerprint density at radius 2 is 1.91 bits per heavy atom. The predicted octanol–water partition coefficient (Wildman–Crippen LogP) is 1.15. The molecule has 0 radical (unpaired) electrons. The fourth-order valence-electron chi connectivity index (χ4n) is 3.61. The first kappa shape index (κ1) is 16.7. The minimum absolute atomic E-state index is 0. The molecule has 3 aliphatic rings. The Balaban J connectivity index is 0.00000156. The Hall–Kier alpha value is -1.11. The van der Waals surface area contributed by atoms with Crippen LogP contribution in [0.1, 0.15) is 42.2 Å². The maximum Gasteiger partial charge on any atom is 0.274 e. The van der Waals surface area contributed by atoms with Gasteiger partial charge in [0.15, 0.2) is 0 Å². The lowest BCUT2D eigenvalue weighted by Crippen LogP contribution is -2.49. The Kier molecular flexibility index (Phi) is 5.24. The first-order chi connectivity index (χ1) is 10.8. The standard InChI is InChI=1S/C16H25N5O.ClH/c22-16(20-10-8-19(9-11-20)13-3-4-13)15-5-7-21(18-15)14-2-1-6-17-12-14;/h5,7,13-14,17H,1-4,6,8-12H2;1H. The molecule has 1 N–H and O–H groups in total. The molecule has 1 atom stereocenters. The summed E-state index contributed by atoms with van der Waals surface area (Å²) in [4.78, 5) is 17.1. The maximum absolute atomic E-state index is 12.6. The van der Waals surface area contributed by atoms with Crippen LogP contribution in [0.2, 0.25) is 0 Å². The number of amides is 1. The normalized spacial score (nSPS) is 25.9. The van der Waals surface area contributed by atoms with Gasteiger partial charge in [0, 0.05) is 45.0 Å². The second kappa shape index (κ2) is 7.20. The molecule has 0 aromatic carbocycles. The Labute approximate surface area is 143 Å². The number of carbonyl (C=O) groups is 1. The van der Waals surface area contributed by atoms with E-state index in [-0.39, 0.29) is 18.3 Å². The Morgan fingerprint density at radius 3 is 2.57 bits per heavy atom. The summed E-state index contributed by atoms with van der Waals surface area (Å²) in [5.74, 6) is 0.0953. The van der Waals surface area contributed by atoms with Crippen LogP contribution in [0.3, 0.4) is 0 Å². The molecule has 6 nitrogen and oxygen atoms in total. The molecular formula is C16H26ClN5O. The van der Waals surface area contributed by atoms with Crippen molar-refractivity contribution in [3.05, 3.63) is 18.0 Å². The molecule has 4 rings (SSSR count). The van der Waals surface area contributed by atoms with E-state index in [4.69, 9.17) is 0 Å². The van der Waals surface area contributed by atoms with Gasteiger partial charge in [-0.1, -0.05) is 0 Å². The molecule has 128 valence electrons. The third-order valence-electron chi connectivity index (χ3n) is 5.14. The van der Waals surface area contributed by atoms with Crippen molar-refractivity contribution in [1.29, 1.82) is 0 Å². The SMILES string of the molecule is Cl.O=C(c1ccn(C2CCCNC2)n1)N1CCN(C2CC2)CC1. The van der Waals surface area contributed by atoms with Gasteiger partial charge in [0.2, 0.25) is 0 Å². The molecule has 2 aliphatic heterocycles. The quantitative estimate of drug-likeness (QED) is 0.897. The number of nitrogens with one attached hydrogen (secondary N) is 1. The van der Waals surface area contributed by atoms with Crippen LogP contribution in [0, 0.1) is 0 Å². The monoisotopic (exact) mass is 339 g/mol. The first-order valence-corrected chi connectivity index (χ1v) is 8.60. The van der Waals surface area contributed by atoms with Crippen LogP contribution in [0.5, 0.6) is 0 Å². The van der Waals surface area contributed by atoms with E-state index in [1.54, 1.807) is 0 Å². The summed E-state index contributed by atoms with van der Waals surface area (Å²) in [5, 5.41) is 7.94. The van der Waals surface area contributed by atoms with Gasteiger partial charge in [0.25, 0.3) is 5.91 Å². The molecule has 0 bridgehead atoms. The highest BCUT2D eigenvalue weighted by molar-refractivity contribution is 5.92. The molecule has 1 aromatic heterocycles. The van der Waals surface area contributed by atoms with E-state index in [0.717, 1.165) is 51.7 Å². The van der Waals surface area contributed by atoms with E-state index < -0.39 is 0 Å². The van der Waals surface area contributed by atoms with E-state index in [9.17, 15) is 4.79 Å². The van der Waals surface area contributed by atoms with Crippen LogP contribution >= 0.6 is 12.4 Å². The van der Waals surface area contributed by atoms with Crippen molar-refractivity contribution in [2.24, 2.45) is 0 Å². The van der Waals surface area contributed by atoms with Crippen LogP contribution in [0.4, 0.5) is 0 Å². The number of carbonyl (C=O) groups excluding carboxylic acids is 1. The summed E-state index contributed by atoms with van der Waals surface area (Å²) < 4.78 is 1.97. The van der Waals surface area contributed by atoms with Crippen LogP contribution in [-0.2, 0) is 0 Å². The topological polar surface area (TPSA) is 53.4 Å². The third-order valence-corrected chi connectivity index (χ3v) is 5.14. The number of piperazine rings is 1. The van der Waals surface area contributed by atoms with Gasteiger partial charge in [-0.2, -0.15) is 5.10 Å². The van der Waals surface area contributed by atoms with Crippen LogP contribution in [0.15, 0.2) is 12.3 Å². The molecule has 3 fully saturated rings. The predicted molar refractivity (Wildman–Crippen MR) is 91.1 cm³/mol. The number of aromatic nitrogens is 2. The summed E-state index contributed by atoms with van der Waals surface area (Å²) in [6, 6.07) is 3.07. The average molecular weight is 340 g/mol. The van der Waals surface area contributed by atoms with Gasteiger partial charge >= 0.3 is 0 Å². The molecule has 1 unspecified atom stereocenters. The highest BCUT2D eigenvalue weighted by atomic mass is 35.5. The minimum Gasteiger partial charge on any atom is -0.335 e. The molecule has 1 saturated carbocycles. The fourth-order valence-corrected chi connectivity index (χ4v) is 3.61. The summed E-state index contributed by atoms with van der Waals surface area (Å²) in [6.45, 7) is 5.76. The molecule has 2 saturated heterocycles. The molecular weight excluding hydrogens is 314 g/mol. The van der Waals surface area contributed by atoms with Crippen molar-refractivity contribution < 1.29 is 4.79 Å². The van der Waals surface area contributed by atoms with Crippen molar-refractivity contribution >= 4 is 18.3 Å². The zero-order valence-corrected chi connectivity index (χ0v) is 14.3. The second-order valence-corrected chi connectivity index (χ2v) is 6.74. The molecule has 3 heterocycles.